The zero-order valence-electron chi connectivity index (χ0n) is 9.35. The molecular formula is C12H20W. The van der Waals surface area contributed by atoms with E-state index in [1.165, 1.54) is 36.1 Å². The molecule has 0 aromatic heterocycles. The number of allylic oxidation sites excluding steroid dienone is 3. The van der Waals surface area contributed by atoms with Crippen molar-refractivity contribution < 1.29 is 19.4 Å². The third-order valence-electron chi connectivity index (χ3n) is 2.36. The van der Waals surface area contributed by atoms with Crippen LogP contribution < -0.4 is 0 Å². The fourth-order valence-corrected chi connectivity index (χ4v) is 2.89. The van der Waals surface area contributed by atoms with E-state index in [1.807, 2.05) is 0 Å². The molecule has 0 aliphatic carbocycles. The Morgan fingerprint density at radius 2 is 1.62 bits per heavy atom. The maximum absolute atomic E-state index is 4.14. The molecule has 0 N–H and O–H groups in total. The zero-order valence-corrected chi connectivity index (χ0v) is 12.3. The number of rotatable bonds is 4. The third-order valence-corrected chi connectivity index (χ3v) is 3.27. The van der Waals surface area contributed by atoms with Crippen molar-refractivity contribution in [1.29, 1.82) is 0 Å². The molecule has 0 nitrogen and oxygen atoms in total. The van der Waals surface area contributed by atoms with Gasteiger partial charge in [0.25, 0.3) is 0 Å². The number of hydrogen-bond donors (Lipinski definition) is 0. The molecule has 0 saturated carbocycles. The fraction of sp³-hybridized carbons (Fsp3) is 0.583. The van der Waals surface area contributed by atoms with E-state index in [2.05, 4.69) is 45.6 Å². The van der Waals surface area contributed by atoms with E-state index in [9.17, 15) is 0 Å². The van der Waals surface area contributed by atoms with E-state index in [-0.39, 0.29) is 0 Å². The Balaban J connectivity index is 4.96. The van der Waals surface area contributed by atoms with E-state index >= 15 is 0 Å². The molecule has 0 rings (SSSR count). The molecule has 0 spiro atoms. The zero-order chi connectivity index (χ0) is 10.6. The first-order chi connectivity index (χ1) is 5.91. The summed E-state index contributed by atoms with van der Waals surface area (Å²) in [5.74, 6) is 1.18. The minimum absolute atomic E-state index is 0.559. The van der Waals surface area contributed by atoms with Crippen LogP contribution in [0.15, 0.2) is 23.3 Å². The van der Waals surface area contributed by atoms with Gasteiger partial charge in [-0.3, -0.25) is 0 Å². The topological polar surface area (TPSA) is 0 Å². The summed E-state index contributed by atoms with van der Waals surface area (Å²) >= 11 is 1.52. The second-order valence-corrected chi connectivity index (χ2v) is 4.88. The summed E-state index contributed by atoms with van der Waals surface area (Å²) in [5.41, 5.74) is 4.13. The Bertz CT molecular complexity index is 232. The van der Waals surface area contributed by atoms with Crippen LogP contribution in [0.2, 0.25) is 0 Å². The molecular weight excluding hydrogens is 328 g/mol. The summed E-state index contributed by atoms with van der Waals surface area (Å²) < 4.78 is 2.29. The van der Waals surface area contributed by atoms with Gasteiger partial charge < -0.3 is 0 Å². The molecule has 0 aliphatic rings. The quantitative estimate of drug-likeness (QED) is 0.682. The molecule has 0 atom stereocenters. The van der Waals surface area contributed by atoms with E-state index in [1.54, 1.807) is 0 Å². The summed E-state index contributed by atoms with van der Waals surface area (Å²) in [6.07, 6.45) is 0. The van der Waals surface area contributed by atoms with Crippen molar-refractivity contribution in [2.45, 2.75) is 34.6 Å². The van der Waals surface area contributed by atoms with Gasteiger partial charge >= 0.3 is 93.5 Å². The molecule has 0 aromatic rings. The van der Waals surface area contributed by atoms with E-state index in [4.69, 9.17) is 0 Å². The molecule has 0 fully saturated rings. The summed E-state index contributed by atoms with van der Waals surface area (Å²) in [5, 5.41) is 0. The molecule has 0 bridgehead atoms. The van der Waals surface area contributed by atoms with E-state index < -0.39 is 0 Å². The van der Waals surface area contributed by atoms with Gasteiger partial charge in [0, 0.05) is 0 Å². The van der Waals surface area contributed by atoms with Crippen molar-refractivity contribution in [3.05, 3.63) is 23.3 Å². The molecule has 0 unspecified atom stereocenters. The van der Waals surface area contributed by atoms with Crippen LogP contribution in [0.1, 0.15) is 34.6 Å². The fourth-order valence-electron chi connectivity index (χ4n) is 1.28. The van der Waals surface area contributed by atoms with E-state index in [0.717, 1.165) is 0 Å². The first-order valence-electron chi connectivity index (χ1n) is 4.76. The van der Waals surface area contributed by atoms with Gasteiger partial charge in [0.2, 0.25) is 0 Å². The molecule has 1 heteroatoms. The van der Waals surface area contributed by atoms with Gasteiger partial charge in [0.05, 0.1) is 0 Å². The number of hydrogen-bond acceptors (Lipinski definition) is 0. The Morgan fingerprint density at radius 3 is 1.85 bits per heavy atom. The molecule has 0 aliphatic heterocycles. The Kier molecular flexibility index (Phi) is 5.72. The van der Waals surface area contributed by atoms with Gasteiger partial charge in [-0.2, -0.15) is 0 Å². The first-order valence-corrected chi connectivity index (χ1v) is 6.46. The van der Waals surface area contributed by atoms with Gasteiger partial charge in [-0.25, -0.2) is 0 Å². The van der Waals surface area contributed by atoms with Crippen LogP contribution in [-0.2, 0) is 19.4 Å². The van der Waals surface area contributed by atoms with Crippen LogP contribution >= 0.6 is 0 Å². The van der Waals surface area contributed by atoms with Crippen LogP contribution in [0, 0.1) is 11.8 Å². The average Bonchev–Trinajstić information content (AvgIpc) is 2.03. The molecule has 0 saturated heterocycles. The van der Waals surface area contributed by atoms with Crippen LogP contribution in [-0.4, -0.2) is 4.40 Å². The van der Waals surface area contributed by atoms with Crippen LogP contribution in [0.4, 0.5) is 0 Å². The van der Waals surface area contributed by atoms with Gasteiger partial charge in [-0.05, 0) is 0 Å². The van der Waals surface area contributed by atoms with E-state index in [0.29, 0.717) is 11.8 Å². The van der Waals surface area contributed by atoms with Crippen molar-refractivity contribution >= 4 is 4.40 Å². The Morgan fingerprint density at radius 1 is 1.15 bits per heavy atom. The van der Waals surface area contributed by atoms with Crippen LogP contribution in [0.5, 0.6) is 0 Å². The summed E-state index contributed by atoms with van der Waals surface area (Å²) in [4.78, 5) is 0. The molecule has 0 heterocycles. The summed E-state index contributed by atoms with van der Waals surface area (Å²) in [6, 6.07) is 0. The molecule has 0 radical (unpaired) electrons. The monoisotopic (exact) mass is 348 g/mol. The van der Waals surface area contributed by atoms with Crippen molar-refractivity contribution in [2.24, 2.45) is 11.8 Å². The Labute approximate surface area is 93.5 Å². The van der Waals surface area contributed by atoms with Gasteiger partial charge in [0.15, 0.2) is 0 Å². The predicted octanol–water partition coefficient (Wildman–Crippen LogP) is 3.52. The summed E-state index contributed by atoms with van der Waals surface area (Å²) in [6.45, 7) is 15.2. The second-order valence-electron chi connectivity index (χ2n) is 4.03. The van der Waals surface area contributed by atoms with Gasteiger partial charge in [-0.15, -0.1) is 0 Å². The Hall–Kier alpha value is 0.0383. The van der Waals surface area contributed by atoms with Gasteiger partial charge in [-0.1, -0.05) is 0 Å². The minimum atomic E-state index is 0.559. The van der Waals surface area contributed by atoms with Crippen LogP contribution in [0.25, 0.3) is 0 Å². The average molecular weight is 348 g/mol. The third kappa shape index (κ3) is 3.73. The molecule has 74 valence electrons. The standard InChI is InChI=1S/C12H20.W/c1-8(2)10(5)12(7)11(6)9(3)4;/h5,8-9H,6H2,1-4,7H3;/b12-10+;. The summed E-state index contributed by atoms with van der Waals surface area (Å²) in [7, 11) is 0. The molecule has 13 heavy (non-hydrogen) atoms. The van der Waals surface area contributed by atoms with Gasteiger partial charge in [0.1, 0.15) is 0 Å². The SMILES string of the molecule is C=C(/C(C)=C(\[CH]=[W])C(C)C)C(C)C. The second kappa shape index (κ2) is 5.70. The maximum atomic E-state index is 4.14. The van der Waals surface area contributed by atoms with Crippen molar-refractivity contribution in [1.82, 2.24) is 0 Å². The first kappa shape index (κ1) is 13.0. The predicted molar refractivity (Wildman–Crippen MR) is 57.6 cm³/mol. The van der Waals surface area contributed by atoms with Crippen molar-refractivity contribution in [3.63, 3.8) is 0 Å². The molecule has 0 aromatic carbocycles. The van der Waals surface area contributed by atoms with Crippen LogP contribution in [0.3, 0.4) is 0 Å². The van der Waals surface area contributed by atoms with Crippen molar-refractivity contribution in [3.8, 4) is 0 Å². The molecule has 0 amide bonds. The normalized spacial score (nSPS) is 13.2. The van der Waals surface area contributed by atoms with Crippen molar-refractivity contribution in [2.75, 3.05) is 0 Å².